The van der Waals surface area contributed by atoms with Gasteiger partial charge in [-0.25, -0.2) is 0 Å². The summed E-state index contributed by atoms with van der Waals surface area (Å²) in [6.45, 7) is 4.05. The number of nitro groups is 1. The minimum atomic E-state index is -0.369. The van der Waals surface area contributed by atoms with Crippen LogP contribution in [0.1, 0.15) is 25.7 Å². The Morgan fingerprint density at radius 2 is 1.95 bits per heavy atom. The zero-order chi connectivity index (χ0) is 14.8. The molecule has 2 aliphatic heterocycles. The first-order chi connectivity index (χ1) is 10.2. The molecular weight excluding hydrogens is 290 g/mol. The fourth-order valence-electron chi connectivity index (χ4n) is 3.48. The van der Waals surface area contributed by atoms with E-state index in [0.29, 0.717) is 11.7 Å². The normalized spacial score (nSPS) is 23.5. The summed E-state index contributed by atoms with van der Waals surface area (Å²) in [6, 6.07) is 5.70. The molecule has 0 aromatic heterocycles. The molecule has 0 N–H and O–H groups in total. The maximum Gasteiger partial charge on any atom is 0.310 e. The van der Waals surface area contributed by atoms with Crippen LogP contribution in [0.2, 0.25) is 5.02 Å². The number of anilines is 1. The molecule has 1 aromatic rings. The Balaban J connectivity index is 1.77. The van der Waals surface area contributed by atoms with Gasteiger partial charge in [-0.15, -0.1) is 0 Å². The third-order valence-corrected chi connectivity index (χ3v) is 4.86. The molecule has 6 heteroatoms. The molecule has 0 saturated carbocycles. The molecule has 1 unspecified atom stereocenters. The first-order valence-corrected chi connectivity index (χ1v) is 7.96. The lowest BCUT2D eigenvalue weighted by molar-refractivity contribution is -0.384. The fraction of sp³-hybridized carbons (Fsp3) is 0.600. The molecular formula is C15H20ClN3O2. The van der Waals surface area contributed by atoms with Crippen LogP contribution in [0.4, 0.5) is 11.4 Å². The van der Waals surface area contributed by atoms with Crippen molar-refractivity contribution in [2.24, 2.45) is 0 Å². The van der Waals surface area contributed by atoms with E-state index in [0.717, 1.165) is 32.6 Å². The van der Waals surface area contributed by atoms with E-state index in [1.165, 1.54) is 19.3 Å². The van der Waals surface area contributed by atoms with Crippen LogP contribution >= 0.6 is 11.6 Å². The molecule has 5 nitrogen and oxygen atoms in total. The molecule has 0 bridgehead atoms. The second-order valence-corrected chi connectivity index (χ2v) is 6.26. The lowest BCUT2D eigenvalue weighted by atomic mass is 10.1. The van der Waals surface area contributed by atoms with Gasteiger partial charge in [0.2, 0.25) is 0 Å². The second kappa shape index (κ2) is 6.20. The number of para-hydroxylation sites is 1. The van der Waals surface area contributed by atoms with E-state index in [2.05, 4.69) is 9.80 Å². The number of hydrogen-bond donors (Lipinski definition) is 0. The molecule has 1 aromatic carbocycles. The van der Waals surface area contributed by atoms with Gasteiger partial charge < -0.3 is 4.90 Å². The average molecular weight is 310 g/mol. The van der Waals surface area contributed by atoms with Crippen molar-refractivity contribution in [2.45, 2.75) is 31.7 Å². The van der Waals surface area contributed by atoms with Gasteiger partial charge in [0.25, 0.3) is 0 Å². The van der Waals surface area contributed by atoms with Gasteiger partial charge >= 0.3 is 5.69 Å². The number of benzene rings is 1. The highest BCUT2D eigenvalue weighted by Gasteiger charge is 2.32. The molecule has 1 atom stereocenters. The molecule has 2 heterocycles. The third-order valence-electron chi connectivity index (χ3n) is 4.56. The van der Waals surface area contributed by atoms with Gasteiger partial charge in [-0.2, -0.15) is 0 Å². The number of likely N-dealkylation sites (tertiary alicyclic amines) is 1. The lowest BCUT2D eigenvalue weighted by Crippen LogP contribution is -2.40. The highest BCUT2D eigenvalue weighted by Crippen LogP contribution is 2.37. The smallest absolute Gasteiger partial charge is 0.310 e. The van der Waals surface area contributed by atoms with Crippen molar-refractivity contribution < 1.29 is 4.92 Å². The van der Waals surface area contributed by atoms with E-state index in [4.69, 9.17) is 11.6 Å². The largest absolute Gasteiger partial charge is 0.364 e. The Bertz CT molecular complexity index is 532. The highest BCUT2D eigenvalue weighted by molar-refractivity contribution is 6.33. The summed E-state index contributed by atoms with van der Waals surface area (Å²) < 4.78 is 0. The van der Waals surface area contributed by atoms with Crippen molar-refractivity contribution in [3.63, 3.8) is 0 Å². The summed E-state index contributed by atoms with van der Waals surface area (Å²) >= 11 is 6.01. The molecule has 2 aliphatic rings. The van der Waals surface area contributed by atoms with Crippen LogP contribution in [0.25, 0.3) is 0 Å². The predicted octanol–water partition coefficient (Wildman–Crippen LogP) is 3.31. The monoisotopic (exact) mass is 309 g/mol. The van der Waals surface area contributed by atoms with Crippen LogP contribution in [0, 0.1) is 10.1 Å². The van der Waals surface area contributed by atoms with Crippen LogP contribution in [-0.4, -0.2) is 42.0 Å². The summed E-state index contributed by atoms with van der Waals surface area (Å²) in [7, 11) is 0. The van der Waals surface area contributed by atoms with E-state index >= 15 is 0 Å². The molecule has 2 saturated heterocycles. The summed E-state index contributed by atoms with van der Waals surface area (Å²) in [5.74, 6) is 0. The maximum atomic E-state index is 11.3. The Morgan fingerprint density at radius 1 is 1.19 bits per heavy atom. The molecule has 21 heavy (non-hydrogen) atoms. The van der Waals surface area contributed by atoms with Gasteiger partial charge in [0.1, 0.15) is 10.7 Å². The number of piperidine rings is 1. The van der Waals surface area contributed by atoms with Gasteiger partial charge in [0, 0.05) is 19.1 Å². The third kappa shape index (κ3) is 2.99. The van der Waals surface area contributed by atoms with Gasteiger partial charge in [-0.1, -0.05) is 24.1 Å². The first-order valence-electron chi connectivity index (χ1n) is 7.58. The molecule has 114 valence electrons. The topological polar surface area (TPSA) is 49.6 Å². The quantitative estimate of drug-likeness (QED) is 0.635. The van der Waals surface area contributed by atoms with E-state index in [1.54, 1.807) is 12.1 Å². The van der Waals surface area contributed by atoms with E-state index in [9.17, 15) is 10.1 Å². The highest BCUT2D eigenvalue weighted by atomic mass is 35.5. The first kappa shape index (κ1) is 14.6. The number of halogens is 1. The summed E-state index contributed by atoms with van der Waals surface area (Å²) in [5, 5.41) is 11.5. The molecule has 0 amide bonds. The van der Waals surface area contributed by atoms with Crippen molar-refractivity contribution >= 4 is 23.0 Å². The molecule has 0 radical (unpaired) electrons. The number of nitro benzene ring substituents is 1. The number of hydrogen-bond acceptors (Lipinski definition) is 4. The Kier molecular flexibility index (Phi) is 4.31. The van der Waals surface area contributed by atoms with Gasteiger partial charge in [0.05, 0.1) is 4.92 Å². The Labute approximate surface area is 129 Å². The number of nitrogens with zero attached hydrogens (tertiary/aromatic N) is 3. The fourth-order valence-corrected chi connectivity index (χ4v) is 3.72. The predicted molar refractivity (Wildman–Crippen MR) is 84.1 cm³/mol. The minimum Gasteiger partial charge on any atom is -0.364 e. The molecule has 0 spiro atoms. The van der Waals surface area contributed by atoms with E-state index in [-0.39, 0.29) is 15.6 Å². The average Bonchev–Trinajstić information content (AvgIpc) is 2.97. The second-order valence-electron chi connectivity index (χ2n) is 5.85. The van der Waals surface area contributed by atoms with Gasteiger partial charge in [0.15, 0.2) is 0 Å². The Morgan fingerprint density at radius 3 is 2.67 bits per heavy atom. The number of rotatable bonds is 3. The standard InChI is InChI=1S/C15H20ClN3O2/c16-13-5-4-6-14(15(13)19(20)21)18-10-7-12(11-18)17-8-2-1-3-9-17/h4-6,12H,1-3,7-11H2. The zero-order valence-electron chi connectivity index (χ0n) is 12.0. The van der Waals surface area contributed by atoms with Crippen LogP contribution < -0.4 is 4.90 Å². The SMILES string of the molecule is O=[N+]([O-])c1c(Cl)cccc1N1CCC(N2CCCCC2)C1. The van der Waals surface area contributed by atoms with Crippen molar-refractivity contribution in [1.29, 1.82) is 0 Å². The van der Waals surface area contributed by atoms with E-state index < -0.39 is 0 Å². The molecule has 0 aliphatic carbocycles. The molecule has 3 rings (SSSR count). The maximum absolute atomic E-state index is 11.3. The van der Waals surface area contributed by atoms with Crippen molar-refractivity contribution in [1.82, 2.24) is 4.90 Å². The van der Waals surface area contributed by atoms with Crippen molar-refractivity contribution in [3.8, 4) is 0 Å². The molecule has 2 fully saturated rings. The zero-order valence-corrected chi connectivity index (χ0v) is 12.8. The van der Waals surface area contributed by atoms with Gasteiger partial charge in [-0.3, -0.25) is 15.0 Å². The van der Waals surface area contributed by atoms with Gasteiger partial charge in [-0.05, 0) is 44.5 Å². The van der Waals surface area contributed by atoms with Crippen LogP contribution in [-0.2, 0) is 0 Å². The van der Waals surface area contributed by atoms with Crippen molar-refractivity contribution in [3.05, 3.63) is 33.3 Å². The summed E-state index contributed by atoms with van der Waals surface area (Å²) in [4.78, 5) is 15.6. The van der Waals surface area contributed by atoms with Crippen LogP contribution in [0.15, 0.2) is 18.2 Å². The van der Waals surface area contributed by atoms with Crippen LogP contribution in [0.5, 0.6) is 0 Å². The van der Waals surface area contributed by atoms with Crippen molar-refractivity contribution in [2.75, 3.05) is 31.1 Å². The van der Waals surface area contributed by atoms with Crippen LogP contribution in [0.3, 0.4) is 0 Å². The lowest BCUT2D eigenvalue weighted by Gasteiger charge is -2.32. The summed E-state index contributed by atoms with van der Waals surface area (Å²) in [6.07, 6.45) is 4.94. The minimum absolute atomic E-state index is 0.0402. The Hall–Kier alpha value is -1.33. The van der Waals surface area contributed by atoms with E-state index in [1.807, 2.05) is 6.07 Å². The summed E-state index contributed by atoms with van der Waals surface area (Å²) in [5.41, 5.74) is 0.700.